The minimum absolute atomic E-state index is 0.125. The van der Waals surface area contributed by atoms with Crippen LogP contribution in [0.3, 0.4) is 0 Å². The van der Waals surface area contributed by atoms with Gasteiger partial charge in [0.25, 0.3) is 5.91 Å². The molecule has 2 heterocycles. The number of oxime groups is 1. The van der Waals surface area contributed by atoms with Crippen LogP contribution in [0.2, 0.25) is 5.82 Å². The molecule has 1 aromatic carbocycles. The molecule has 0 spiro atoms. The van der Waals surface area contributed by atoms with Gasteiger partial charge in [0.05, 0.1) is 0 Å². The predicted molar refractivity (Wildman–Crippen MR) is 126 cm³/mol. The standard InChI is InChI=1S/C21H25BN4O7S/c1-11-5-4-6-12-7-13(22(31)32-18(11)12)8-15(27)17(14-10-34-20(23)25-14)26-33-21(2,3)19(30)24-9-16(28)29/h4-6,10,13,31H,7-9H2,1-3H3,(H2,23,25)(H,24,30)(H,28,29)/b26-17-/t13-/m1/s1. The number of Topliss-reactive ketones (excluding diaryl/α,β-unsaturated/α-hetero) is 1. The fourth-order valence-electron chi connectivity index (χ4n) is 3.36. The number of rotatable bonds is 9. The Morgan fingerprint density at radius 2 is 2.15 bits per heavy atom. The Balaban J connectivity index is 1.80. The van der Waals surface area contributed by atoms with Gasteiger partial charge in [0.15, 0.2) is 16.6 Å². The number of aromatic nitrogens is 1. The zero-order valence-corrected chi connectivity index (χ0v) is 19.7. The van der Waals surface area contributed by atoms with E-state index >= 15 is 0 Å². The van der Waals surface area contributed by atoms with Crippen molar-refractivity contribution in [3.8, 4) is 5.75 Å². The summed E-state index contributed by atoms with van der Waals surface area (Å²) in [7, 11) is -1.20. The molecule has 0 bridgehead atoms. The summed E-state index contributed by atoms with van der Waals surface area (Å²) < 4.78 is 5.66. The number of hydrogen-bond acceptors (Lipinski definition) is 10. The molecule has 1 atom stereocenters. The van der Waals surface area contributed by atoms with Crippen molar-refractivity contribution in [2.24, 2.45) is 5.16 Å². The van der Waals surface area contributed by atoms with Crippen LogP contribution < -0.4 is 15.7 Å². The Kier molecular flexibility index (Phi) is 7.57. The number of benzene rings is 1. The van der Waals surface area contributed by atoms with Crippen LogP contribution in [-0.2, 0) is 25.6 Å². The van der Waals surface area contributed by atoms with E-state index in [4.69, 9.17) is 20.3 Å². The normalized spacial score (nSPS) is 15.8. The van der Waals surface area contributed by atoms with Gasteiger partial charge in [-0.05, 0) is 38.3 Å². The van der Waals surface area contributed by atoms with Gasteiger partial charge in [-0.25, -0.2) is 4.98 Å². The van der Waals surface area contributed by atoms with Crippen molar-refractivity contribution in [3.05, 3.63) is 40.4 Å². The molecule has 0 unspecified atom stereocenters. The Bertz CT molecular complexity index is 1130. The van der Waals surface area contributed by atoms with Crippen molar-refractivity contribution in [3.63, 3.8) is 0 Å². The average molecular weight is 488 g/mol. The van der Waals surface area contributed by atoms with Crippen LogP contribution in [0.4, 0.5) is 5.13 Å². The monoisotopic (exact) mass is 488 g/mol. The lowest BCUT2D eigenvalue weighted by molar-refractivity contribution is -0.146. The first-order valence-corrected chi connectivity index (χ1v) is 11.3. The van der Waals surface area contributed by atoms with Gasteiger partial charge in [-0.1, -0.05) is 23.4 Å². The number of thiazole rings is 1. The van der Waals surface area contributed by atoms with Crippen LogP contribution >= 0.6 is 11.3 Å². The number of aliphatic carboxylic acids is 1. The molecule has 0 aliphatic carbocycles. The van der Waals surface area contributed by atoms with Crippen molar-refractivity contribution in [2.45, 2.75) is 45.0 Å². The van der Waals surface area contributed by atoms with E-state index < -0.39 is 42.7 Å². The van der Waals surface area contributed by atoms with Gasteiger partial charge in [-0.3, -0.25) is 14.4 Å². The van der Waals surface area contributed by atoms with E-state index in [0.29, 0.717) is 12.2 Å². The summed E-state index contributed by atoms with van der Waals surface area (Å²) in [4.78, 5) is 45.6. The van der Waals surface area contributed by atoms with Gasteiger partial charge < -0.3 is 30.7 Å². The van der Waals surface area contributed by atoms with Gasteiger partial charge in [0.1, 0.15) is 18.0 Å². The molecular weight excluding hydrogens is 463 g/mol. The molecule has 34 heavy (non-hydrogen) atoms. The van der Waals surface area contributed by atoms with E-state index in [1.165, 1.54) is 19.2 Å². The molecule has 5 N–H and O–H groups in total. The highest BCUT2D eigenvalue weighted by Crippen LogP contribution is 2.36. The van der Waals surface area contributed by atoms with Crippen LogP contribution in [0.5, 0.6) is 5.75 Å². The highest BCUT2D eigenvalue weighted by Gasteiger charge is 2.38. The Labute approximate surface area is 200 Å². The topological polar surface area (TPSA) is 173 Å². The number of amides is 1. The smallest absolute Gasteiger partial charge is 0.526 e. The fraction of sp³-hybridized carbons (Fsp3) is 0.381. The fourth-order valence-corrected chi connectivity index (χ4v) is 3.91. The summed E-state index contributed by atoms with van der Waals surface area (Å²) in [5, 5.41) is 27.1. The zero-order chi connectivity index (χ0) is 25.0. The largest absolute Gasteiger partial charge is 0.536 e. The molecule has 2 aromatic rings. The number of hydrogen-bond donors (Lipinski definition) is 4. The molecule has 11 nitrogen and oxygen atoms in total. The first-order chi connectivity index (χ1) is 16.0. The molecule has 0 saturated carbocycles. The number of carbonyl (C=O) groups is 3. The second-order valence-electron chi connectivity index (χ2n) is 8.35. The van der Waals surface area contributed by atoms with E-state index in [9.17, 15) is 19.4 Å². The molecule has 1 aromatic heterocycles. The maximum absolute atomic E-state index is 13.2. The number of nitrogens with two attached hydrogens (primary N) is 1. The lowest BCUT2D eigenvalue weighted by Gasteiger charge is -2.28. The van der Waals surface area contributed by atoms with Crippen LogP contribution in [-0.4, -0.2) is 57.8 Å². The number of aryl methyl sites for hydroxylation is 1. The van der Waals surface area contributed by atoms with Crippen molar-refractivity contribution in [1.82, 2.24) is 10.3 Å². The molecule has 13 heteroatoms. The van der Waals surface area contributed by atoms with Gasteiger partial charge in [-0.15, -0.1) is 11.3 Å². The van der Waals surface area contributed by atoms with Crippen molar-refractivity contribution < 1.29 is 34.0 Å². The van der Waals surface area contributed by atoms with Crippen LogP contribution in [0.25, 0.3) is 0 Å². The van der Waals surface area contributed by atoms with Crippen LogP contribution in [0.15, 0.2) is 28.7 Å². The van der Waals surface area contributed by atoms with Crippen LogP contribution in [0.1, 0.15) is 37.1 Å². The minimum atomic E-state index is -1.58. The SMILES string of the molecule is Cc1cccc2c1OB(O)[C@@H](CC(=O)/C(=N\OC(C)(C)C(=O)NCC(=O)O)c1csc(N)n1)C2. The average Bonchev–Trinajstić information content (AvgIpc) is 3.19. The van der Waals surface area contributed by atoms with E-state index in [-0.39, 0.29) is 23.0 Å². The molecule has 1 amide bonds. The Hall–Kier alpha value is -3.45. The number of anilines is 1. The third kappa shape index (κ3) is 5.91. The van der Waals surface area contributed by atoms with E-state index in [1.807, 2.05) is 25.1 Å². The van der Waals surface area contributed by atoms with Crippen molar-refractivity contribution >= 4 is 47.0 Å². The molecule has 0 fully saturated rings. The summed E-state index contributed by atoms with van der Waals surface area (Å²) in [6, 6.07) is 5.63. The summed E-state index contributed by atoms with van der Waals surface area (Å²) >= 11 is 1.10. The van der Waals surface area contributed by atoms with E-state index in [2.05, 4.69) is 15.5 Å². The van der Waals surface area contributed by atoms with Gasteiger partial charge in [0.2, 0.25) is 5.60 Å². The second kappa shape index (κ2) is 10.2. The number of nitrogen functional groups attached to an aromatic ring is 1. The summed E-state index contributed by atoms with van der Waals surface area (Å²) in [6.45, 7) is 4.04. The number of carboxylic acids is 1. The first kappa shape index (κ1) is 25.2. The van der Waals surface area contributed by atoms with Gasteiger partial charge in [-0.2, -0.15) is 0 Å². The quantitative estimate of drug-likeness (QED) is 0.230. The number of nitrogens with zero attached hydrogens (tertiary/aromatic N) is 2. The molecule has 0 saturated heterocycles. The van der Waals surface area contributed by atoms with Gasteiger partial charge >= 0.3 is 13.1 Å². The molecular formula is C21H25BN4O7S. The third-order valence-corrected chi connectivity index (χ3v) is 5.88. The number of ketones is 1. The summed E-state index contributed by atoms with van der Waals surface area (Å²) in [5.41, 5.74) is 5.89. The molecule has 3 rings (SSSR count). The summed E-state index contributed by atoms with van der Waals surface area (Å²) in [5.74, 6) is -2.37. The molecule has 0 radical (unpaired) electrons. The first-order valence-electron chi connectivity index (χ1n) is 10.4. The Morgan fingerprint density at radius 1 is 1.41 bits per heavy atom. The number of carbonyl (C=O) groups excluding carboxylic acids is 2. The zero-order valence-electron chi connectivity index (χ0n) is 18.9. The number of fused-ring (bicyclic) bond motifs is 1. The highest BCUT2D eigenvalue weighted by atomic mass is 32.1. The predicted octanol–water partition coefficient (Wildman–Crippen LogP) is 1.18. The number of para-hydroxylation sites is 1. The minimum Gasteiger partial charge on any atom is -0.536 e. The Morgan fingerprint density at radius 3 is 2.79 bits per heavy atom. The number of nitrogens with one attached hydrogen (secondary N) is 1. The third-order valence-electron chi connectivity index (χ3n) is 5.21. The van der Waals surface area contributed by atoms with Crippen LogP contribution in [0, 0.1) is 6.92 Å². The molecule has 1 aliphatic rings. The van der Waals surface area contributed by atoms with Crippen molar-refractivity contribution in [2.75, 3.05) is 12.3 Å². The van der Waals surface area contributed by atoms with Crippen molar-refractivity contribution in [1.29, 1.82) is 0 Å². The highest BCUT2D eigenvalue weighted by molar-refractivity contribution is 7.13. The maximum atomic E-state index is 13.2. The van der Waals surface area contributed by atoms with E-state index in [0.717, 1.165) is 22.5 Å². The van der Waals surface area contributed by atoms with Gasteiger partial charge in [0, 0.05) is 17.6 Å². The van der Waals surface area contributed by atoms with E-state index in [1.54, 1.807) is 0 Å². The number of carboxylic acid groups (broad SMARTS) is 1. The molecule has 180 valence electrons. The second-order valence-corrected chi connectivity index (χ2v) is 9.24. The maximum Gasteiger partial charge on any atom is 0.526 e. The lowest BCUT2D eigenvalue weighted by atomic mass is 9.64. The summed E-state index contributed by atoms with van der Waals surface area (Å²) in [6.07, 6.45) is 0.292. The lowest BCUT2D eigenvalue weighted by Crippen LogP contribution is -2.45. The molecule has 1 aliphatic heterocycles.